The Balaban J connectivity index is 2.01. The van der Waals surface area contributed by atoms with Gasteiger partial charge in [-0.15, -0.1) is 0 Å². The van der Waals surface area contributed by atoms with Gasteiger partial charge in [0.2, 0.25) is 5.82 Å². The van der Waals surface area contributed by atoms with Crippen molar-refractivity contribution in [2.45, 2.75) is 6.92 Å². The number of nitrogens with zero attached hydrogens (tertiary/aromatic N) is 2. The molecule has 5 heteroatoms. The minimum Gasteiger partial charge on any atom is -0.507 e. The Morgan fingerprint density at radius 2 is 1.85 bits per heavy atom. The Kier molecular flexibility index (Phi) is 3.43. The number of hydrogen-bond acceptors (Lipinski definition) is 4. The Morgan fingerprint density at radius 1 is 1.10 bits per heavy atom. The topological polar surface area (TPSA) is 59.2 Å². The summed E-state index contributed by atoms with van der Waals surface area (Å²) in [4.78, 5) is 4.34. The van der Waals surface area contributed by atoms with Gasteiger partial charge in [-0.3, -0.25) is 0 Å². The highest BCUT2D eigenvalue weighted by Crippen LogP contribution is 2.30. The highest BCUT2D eigenvalue weighted by Gasteiger charge is 2.14. The first-order valence-electron chi connectivity index (χ1n) is 6.03. The van der Waals surface area contributed by atoms with E-state index in [4.69, 9.17) is 4.52 Å². The van der Waals surface area contributed by atoms with Crippen molar-refractivity contribution >= 4 is 22.6 Å². The first kappa shape index (κ1) is 13.1. The maximum Gasteiger partial charge on any atom is 0.262 e. The Bertz CT molecular complexity index is 751. The van der Waals surface area contributed by atoms with Gasteiger partial charge in [0.25, 0.3) is 5.89 Å². The van der Waals surface area contributed by atoms with Crippen LogP contribution in [0.1, 0.15) is 5.56 Å². The number of phenolic OH excluding ortho intramolecular Hbond substituents is 1. The second kappa shape index (κ2) is 5.24. The van der Waals surface area contributed by atoms with E-state index < -0.39 is 0 Å². The molecule has 0 saturated carbocycles. The molecule has 2 aromatic carbocycles. The number of benzene rings is 2. The fourth-order valence-electron chi connectivity index (χ4n) is 1.83. The van der Waals surface area contributed by atoms with Gasteiger partial charge in [-0.1, -0.05) is 35.0 Å². The van der Waals surface area contributed by atoms with E-state index in [1.807, 2.05) is 43.3 Å². The molecule has 0 atom stereocenters. The SMILES string of the molecule is Cc1ccc(-c2noc(-c3cc(I)ccc3O)n2)cc1. The molecule has 100 valence electrons. The molecule has 1 heterocycles. The molecule has 0 spiro atoms. The summed E-state index contributed by atoms with van der Waals surface area (Å²) in [5.41, 5.74) is 2.60. The smallest absolute Gasteiger partial charge is 0.262 e. The third-order valence-electron chi connectivity index (χ3n) is 2.92. The van der Waals surface area contributed by atoms with Gasteiger partial charge in [-0.05, 0) is 47.7 Å². The van der Waals surface area contributed by atoms with Gasteiger partial charge in [0.05, 0.1) is 5.56 Å². The number of aromatic nitrogens is 2. The quantitative estimate of drug-likeness (QED) is 0.685. The monoisotopic (exact) mass is 378 g/mol. The Hall–Kier alpha value is -1.89. The van der Waals surface area contributed by atoms with Crippen molar-refractivity contribution < 1.29 is 9.63 Å². The van der Waals surface area contributed by atoms with Gasteiger partial charge >= 0.3 is 0 Å². The van der Waals surface area contributed by atoms with E-state index in [0.717, 1.165) is 9.13 Å². The average Bonchev–Trinajstić information content (AvgIpc) is 2.92. The minimum atomic E-state index is 0.129. The highest BCUT2D eigenvalue weighted by atomic mass is 127. The highest BCUT2D eigenvalue weighted by molar-refractivity contribution is 14.1. The third-order valence-corrected chi connectivity index (χ3v) is 3.60. The second-order valence-electron chi connectivity index (χ2n) is 4.45. The molecule has 0 fully saturated rings. The summed E-state index contributed by atoms with van der Waals surface area (Å²) in [7, 11) is 0. The largest absolute Gasteiger partial charge is 0.507 e. The Labute approximate surface area is 129 Å². The van der Waals surface area contributed by atoms with Gasteiger partial charge in [0.1, 0.15) is 5.75 Å². The van der Waals surface area contributed by atoms with E-state index in [0.29, 0.717) is 17.3 Å². The van der Waals surface area contributed by atoms with Crippen molar-refractivity contribution in [3.05, 3.63) is 51.6 Å². The fraction of sp³-hybridized carbons (Fsp3) is 0.0667. The standard InChI is InChI=1S/C15H11IN2O2/c1-9-2-4-10(5-3-9)14-17-15(20-18-14)12-8-11(16)6-7-13(12)19/h2-8,19H,1H3. The predicted octanol–water partition coefficient (Wildman–Crippen LogP) is 4.02. The van der Waals surface area contributed by atoms with Crippen LogP contribution >= 0.6 is 22.6 Å². The van der Waals surface area contributed by atoms with Crippen molar-refractivity contribution in [3.63, 3.8) is 0 Å². The molecule has 0 aliphatic heterocycles. The molecule has 4 nitrogen and oxygen atoms in total. The van der Waals surface area contributed by atoms with Crippen LogP contribution in [0.25, 0.3) is 22.8 Å². The van der Waals surface area contributed by atoms with Crippen molar-refractivity contribution in [1.29, 1.82) is 0 Å². The van der Waals surface area contributed by atoms with E-state index in [2.05, 4.69) is 32.7 Å². The first-order valence-corrected chi connectivity index (χ1v) is 7.11. The predicted molar refractivity (Wildman–Crippen MR) is 84.3 cm³/mol. The van der Waals surface area contributed by atoms with Crippen molar-refractivity contribution in [2.24, 2.45) is 0 Å². The first-order chi connectivity index (χ1) is 9.63. The lowest BCUT2D eigenvalue weighted by molar-refractivity contribution is 0.425. The van der Waals surface area contributed by atoms with Crippen LogP contribution in [-0.2, 0) is 0 Å². The lowest BCUT2D eigenvalue weighted by Crippen LogP contribution is -1.83. The zero-order chi connectivity index (χ0) is 14.1. The summed E-state index contributed by atoms with van der Waals surface area (Å²) in [5, 5.41) is 13.8. The number of aromatic hydroxyl groups is 1. The van der Waals surface area contributed by atoms with E-state index in [1.165, 1.54) is 5.56 Å². The van der Waals surface area contributed by atoms with Crippen LogP contribution in [0.15, 0.2) is 47.0 Å². The van der Waals surface area contributed by atoms with Crippen LogP contribution in [0, 0.1) is 10.5 Å². The number of phenols is 1. The molecular weight excluding hydrogens is 367 g/mol. The molecule has 1 aromatic heterocycles. The number of rotatable bonds is 2. The fourth-order valence-corrected chi connectivity index (χ4v) is 2.32. The normalized spacial score (nSPS) is 10.7. The number of halogens is 1. The van der Waals surface area contributed by atoms with Crippen LogP contribution in [-0.4, -0.2) is 15.2 Å². The van der Waals surface area contributed by atoms with Crippen molar-refractivity contribution in [1.82, 2.24) is 10.1 Å². The van der Waals surface area contributed by atoms with Gasteiger partial charge in [-0.2, -0.15) is 4.98 Å². The maximum absolute atomic E-state index is 9.87. The zero-order valence-corrected chi connectivity index (χ0v) is 12.8. The molecule has 0 aliphatic rings. The van der Waals surface area contributed by atoms with Gasteiger partial charge in [-0.25, -0.2) is 0 Å². The molecule has 0 bridgehead atoms. The summed E-state index contributed by atoms with van der Waals surface area (Å²) in [6.45, 7) is 2.02. The van der Waals surface area contributed by atoms with Gasteiger partial charge in [0.15, 0.2) is 0 Å². The molecule has 3 aromatic rings. The maximum atomic E-state index is 9.87. The third kappa shape index (κ3) is 2.53. The van der Waals surface area contributed by atoms with Crippen LogP contribution in [0.5, 0.6) is 5.75 Å². The van der Waals surface area contributed by atoms with Gasteiger partial charge in [0, 0.05) is 9.13 Å². The van der Waals surface area contributed by atoms with Crippen LogP contribution in [0.3, 0.4) is 0 Å². The molecule has 1 N–H and O–H groups in total. The molecule has 0 unspecified atom stereocenters. The zero-order valence-electron chi connectivity index (χ0n) is 10.7. The molecule has 20 heavy (non-hydrogen) atoms. The lowest BCUT2D eigenvalue weighted by atomic mass is 10.1. The van der Waals surface area contributed by atoms with Crippen LogP contribution < -0.4 is 0 Å². The molecular formula is C15H11IN2O2. The average molecular weight is 378 g/mol. The van der Waals surface area contributed by atoms with Crippen molar-refractivity contribution in [3.8, 4) is 28.6 Å². The van der Waals surface area contributed by atoms with Crippen molar-refractivity contribution in [2.75, 3.05) is 0 Å². The molecule has 0 radical (unpaired) electrons. The summed E-state index contributed by atoms with van der Waals surface area (Å²) >= 11 is 2.17. The van der Waals surface area contributed by atoms with Crippen LogP contribution in [0.2, 0.25) is 0 Å². The minimum absolute atomic E-state index is 0.129. The summed E-state index contributed by atoms with van der Waals surface area (Å²) in [5.74, 6) is 0.958. The number of aryl methyl sites for hydroxylation is 1. The summed E-state index contributed by atoms with van der Waals surface area (Å²) < 4.78 is 6.24. The molecule has 0 amide bonds. The van der Waals surface area contributed by atoms with E-state index in [-0.39, 0.29) is 5.75 Å². The van der Waals surface area contributed by atoms with Gasteiger partial charge < -0.3 is 9.63 Å². The summed E-state index contributed by atoms with van der Waals surface area (Å²) in [6, 6.07) is 13.1. The van der Waals surface area contributed by atoms with Crippen LogP contribution in [0.4, 0.5) is 0 Å². The molecule has 0 saturated heterocycles. The van der Waals surface area contributed by atoms with E-state index in [1.54, 1.807) is 6.07 Å². The molecule has 3 rings (SSSR count). The van der Waals surface area contributed by atoms with E-state index >= 15 is 0 Å². The molecule has 0 aliphatic carbocycles. The van der Waals surface area contributed by atoms with E-state index in [9.17, 15) is 5.11 Å². The number of hydrogen-bond donors (Lipinski definition) is 1. The Morgan fingerprint density at radius 3 is 2.60 bits per heavy atom. The summed E-state index contributed by atoms with van der Waals surface area (Å²) in [6.07, 6.45) is 0. The second-order valence-corrected chi connectivity index (χ2v) is 5.70. The lowest BCUT2D eigenvalue weighted by Gasteiger charge is -1.99.